The van der Waals surface area contributed by atoms with E-state index in [9.17, 15) is 0 Å². The second kappa shape index (κ2) is 2.51. The van der Waals surface area contributed by atoms with E-state index in [1.54, 1.807) is 0 Å². The lowest BCUT2D eigenvalue weighted by atomic mass is 10.1. The molecule has 1 nitrogen and oxygen atoms in total. The molecule has 2 heterocycles. The molecule has 0 radical (unpaired) electrons. The SMILES string of the molecule is CC1(C)C=Cc2cc(Cl)sc2O1. The third kappa shape index (κ3) is 1.37. The Bertz CT molecular complexity index is 338. The van der Waals surface area contributed by atoms with E-state index in [0.717, 1.165) is 15.0 Å². The molecule has 0 amide bonds. The lowest BCUT2D eigenvalue weighted by Crippen LogP contribution is -2.26. The summed E-state index contributed by atoms with van der Waals surface area (Å²) >= 11 is 7.33. The van der Waals surface area contributed by atoms with Crippen molar-refractivity contribution in [2.45, 2.75) is 19.4 Å². The molecule has 0 saturated carbocycles. The van der Waals surface area contributed by atoms with Crippen LogP contribution in [-0.2, 0) is 0 Å². The molecule has 0 bridgehead atoms. The Labute approximate surface area is 80.6 Å². The van der Waals surface area contributed by atoms with Crippen molar-refractivity contribution in [3.8, 4) is 5.06 Å². The van der Waals surface area contributed by atoms with Gasteiger partial charge in [-0.15, -0.1) is 0 Å². The zero-order chi connectivity index (χ0) is 8.77. The number of hydrogen-bond donors (Lipinski definition) is 0. The first-order chi connectivity index (χ1) is 5.57. The minimum absolute atomic E-state index is 0.193. The summed E-state index contributed by atoms with van der Waals surface area (Å²) < 4.78 is 6.47. The van der Waals surface area contributed by atoms with Gasteiger partial charge in [0.15, 0.2) is 5.06 Å². The van der Waals surface area contributed by atoms with E-state index < -0.39 is 0 Å². The minimum atomic E-state index is -0.193. The second-order valence-corrected chi connectivity index (χ2v) is 4.98. The molecule has 0 aliphatic carbocycles. The number of thiophene rings is 1. The summed E-state index contributed by atoms with van der Waals surface area (Å²) in [6.07, 6.45) is 4.10. The summed E-state index contributed by atoms with van der Waals surface area (Å²) in [6, 6.07) is 1.92. The Morgan fingerprint density at radius 2 is 2.25 bits per heavy atom. The molecule has 0 saturated heterocycles. The van der Waals surface area contributed by atoms with Crippen LogP contribution in [0.25, 0.3) is 6.08 Å². The van der Waals surface area contributed by atoms with Crippen molar-refractivity contribution in [3.05, 3.63) is 22.0 Å². The molecule has 0 atom stereocenters. The van der Waals surface area contributed by atoms with Crippen molar-refractivity contribution in [2.75, 3.05) is 0 Å². The molecule has 12 heavy (non-hydrogen) atoms. The topological polar surface area (TPSA) is 9.23 Å². The van der Waals surface area contributed by atoms with E-state index in [4.69, 9.17) is 16.3 Å². The van der Waals surface area contributed by atoms with Crippen LogP contribution in [-0.4, -0.2) is 5.60 Å². The molecule has 0 aromatic carbocycles. The van der Waals surface area contributed by atoms with Crippen LogP contribution in [0.4, 0.5) is 0 Å². The van der Waals surface area contributed by atoms with Crippen LogP contribution in [0.2, 0.25) is 4.34 Å². The van der Waals surface area contributed by atoms with Gasteiger partial charge in [-0.3, -0.25) is 0 Å². The average molecular weight is 201 g/mol. The van der Waals surface area contributed by atoms with Gasteiger partial charge in [0.2, 0.25) is 0 Å². The molecule has 64 valence electrons. The van der Waals surface area contributed by atoms with Crippen LogP contribution in [0.3, 0.4) is 0 Å². The molecule has 1 aromatic heterocycles. The van der Waals surface area contributed by atoms with Crippen LogP contribution in [0.5, 0.6) is 5.06 Å². The number of halogens is 1. The maximum atomic E-state index is 5.85. The van der Waals surface area contributed by atoms with Gasteiger partial charge in [0.1, 0.15) is 5.60 Å². The quantitative estimate of drug-likeness (QED) is 0.622. The predicted octanol–water partition coefficient (Wildman–Crippen LogP) is 3.59. The molecule has 0 fully saturated rings. The molecule has 2 rings (SSSR count). The number of ether oxygens (including phenoxy) is 1. The number of rotatable bonds is 0. The molecular weight excluding hydrogens is 192 g/mol. The van der Waals surface area contributed by atoms with Gasteiger partial charge >= 0.3 is 0 Å². The fourth-order valence-electron chi connectivity index (χ4n) is 1.12. The smallest absolute Gasteiger partial charge is 0.183 e. The Kier molecular flexibility index (Phi) is 1.70. The summed E-state index contributed by atoms with van der Waals surface area (Å²) in [4.78, 5) is 0. The van der Waals surface area contributed by atoms with Gasteiger partial charge in [-0.1, -0.05) is 29.0 Å². The summed E-state index contributed by atoms with van der Waals surface area (Å²) in [5.74, 6) is 0. The van der Waals surface area contributed by atoms with Gasteiger partial charge in [-0.25, -0.2) is 0 Å². The predicted molar refractivity (Wildman–Crippen MR) is 53.1 cm³/mol. The first-order valence-electron chi connectivity index (χ1n) is 3.74. The average Bonchev–Trinajstić information content (AvgIpc) is 2.26. The molecule has 0 N–H and O–H groups in total. The lowest BCUT2D eigenvalue weighted by Gasteiger charge is -2.25. The van der Waals surface area contributed by atoms with Crippen molar-refractivity contribution in [2.24, 2.45) is 0 Å². The van der Waals surface area contributed by atoms with Gasteiger partial charge < -0.3 is 4.74 Å². The molecule has 3 heteroatoms. The van der Waals surface area contributed by atoms with E-state index >= 15 is 0 Å². The standard InChI is InChI=1S/C9H9ClOS/c1-9(2)4-3-6-5-7(10)12-8(6)11-9/h3-5H,1-2H3. The fourth-order valence-corrected chi connectivity index (χ4v) is 2.31. The third-order valence-electron chi connectivity index (χ3n) is 1.71. The summed E-state index contributed by atoms with van der Waals surface area (Å²) in [5.41, 5.74) is 0.894. The van der Waals surface area contributed by atoms with Crippen molar-refractivity contribution >= 4 is 29.0 Å². The van der Waals surface area contributed by atoms with Gasteiger partial charge in [0.05, 0.1) is 4.34 Å². The highest BCUT2D eigenvalue weighted by Crippen LogP contribution is 2.40. The fraction of sp³-hybridized carbons (Fsp3) is 0.333. The van der Waals surface area contributed by atoms with Crippen LogP contribution in [0.1, 0.15) is 19.4 Å². The molecule has 1 aromatic rings. The van der Waals surface area contributed by atoms with Crippen molar-refractivity contribution in [1.82, 2.24) is 0 Å². The zero-order valence-electron chi connectivity index (χ0n) is 6.93. The maximum absolute atomic E-state index is 5.85. The first kappa shape index (κ1) is 8.14. The minimum Gasteiger partial charge on any atom is -0.474 e. The highest BCUT2D eigenvalue weighted by molar-refractivity contribution is 7.18. The molecule has 1 aliphatic heterocycles. The van der Waals surface area contributed by atoms with E-state index in [1.807, 2.05) is 26.0 Å². The van der Waals surface area contributed by atoms with E-state index in [-0.39, 0.29) is 5.60 Å². The third-order valence-corrected chi connectivity index (χ3v) is 2.87. The largest absolute Gasteiger partial charge is 0.474 e. The number of fused-ring (bicyclic) bond motifs is 1. The van der Waals surface area contributed by atoms with E-state index in [0.29, 0.717) is 0 Å². The monoisotopic (exact) mass is 200 g/mol. The maximum Gasteiger partial charge on any atom is 0.183 e. The zero-order valence-corrected chi connectivity index (χ0v) is 8.50. The number of hydrogen-bond acceptors (Lipinski definition) is 2. The summed E-state index contributed by atoms with van der Waals surface area (Å²) in [7, 11) is 0. The highest BCUT2D eigenvalue weighted by Gasteiger charge is 2.23. The second-order valence-electron chi connectivity index (χ2n) is 3.33. The van der Waals surface area contributed by atoms with Crippen molar-refractivity contribution < 1.29 is 4.74 Å². The molecular formula is C9H9ClOS. The Morgan fingerprint density at radius 1 is 1.50 bits per heavy atom. The first-order valence-corrected chi connectivity index (χ1v) is 4.94. The normalized spacial score (nSPS) is 18.6. The van der Waals surface area contributed by atoms with Gasteiger partial charge in [-0.05, 0) is 26.0 Å². The molecule has 0 unspecified atom stereocenters. The van der Waals surface area contributed by atoms with E-state index in [1.165, 1.54) is 11.3 Å². The molecule has 1 aliphatic rings. The van der Waals surface area contributed by atoms with Crippen molar-refractivity contribution in [1.29, 1.82) is 0 Å². The van der Waals surface area contributed by atoms with Crippen molar-refractivity contribution in [3.63, 3.8) is 0 Å². The van der Waals surface area contributed by atoms with Gasteiger partial charge in [0, 0.05) is 5.56 Å². The van der Waals surface area contributed by atoms with Gasteiger partial charge in [0.25, 0.3) is 0 Å². The summed E-state index contributed by atoms with van der Waals surface area (Å²) in [6.45, 7) is 4.06. The summed E-state index contributed by atoms with van der Waals surface area (Å²) in [5, 5.41) is 0.924. The Balaban J connectivity index is 2.45. The Morgan fingerprint density at radius 3 is 3.00 bits per heavy atom. The Hall–Kier alpha value is -0.470. The van der Waals surface area contributed by atoms with Crippen LogP contribution < -0.4 is 4.74 Å². The van der Waals surface area contributed by atoms with Crippen LogP contribution >= 0.6 is 22.9 Å². The van der Waals surface area contributed by atoms with Crippen LogP contribution in [0, 0.1) is 0 Å². The lowest BCUT2D eigenvalue weighted by molar-refractivity contribution is 0.165. The van der Waals surface area contributed by atoms with E-state index in [2.05, 4.69) is 6.08 Å². The highest BCUT2D eigenvalue weighted by atomic mass is 35.5. The van der Waals surface area contributed by atoms with Crippen LogP contribution in [0.15, 0.2) is 12.1 Å². The molecule has 0 spiro atoms. The van der Waals surface area contributed by atoms with Gasteiger partial charge in [-0.2, -0.15) is 0 Å².